The van der Waals surface area contributed by atoms with E-state index < -0.39 is 9.84 Å². The topological polar surface area (TPSA) is 97.3 Å². The second-order valence-corrected chi connectivity index (χ2v) is 12.9. The molecule has 1 aliphatic heterocycles. The largest absolute Gasteiger partial charge is 0.481 e. The number of aromatic nitrogens is 3. The zero-order chi connectivity index (χ0) is 28.0. The Balaban J connectivity index is 1.17. The first-order valence-electron chi connectivity index (χ1n) is 13.9. The van der Waals surface area contributed by atoms with Crippen LogP contribution in [0.4, 0.5) is 5.95 Å². The number of nitrogens with one attached hydrogen (secondary N) is 1. The number of pyridine rings is 1. The molecule has 2 fully saturated rings. The number of nitrogens with zero attached hydrogens (tertiary/aromatic N) is 4. The Morgan fingerprint density at radius 3 is 2.42 bits per heavy atom. The number of ether oxygens (including phenoxy) is 1. The highest BCUT2D eigenvalue weighted by Crippen LogP contribution is 2.28. The van der Waals surface area contributed by atoms with Crippen LogP contribution in [0, 0.1) is 0 Å². The second kappa shape index (κ2) is 13.1. The lowest BCUT2D eigenvalue weighted by molar-refractivity contribution is 0.127. The van der Waals surface area contributed by atoms with Gasteiger partial charge in [-0.05, 0) is 82.0 Å². The quantitative estimate of drug-likeness (QED) is 0.334. The summed E-state index contributed by atoms with van der Waals surface area (Å²) in [4.78, 5) is 16.2. The van der Waals surface area contributed by atoms with Gasteiger partial charge in [-0.1, -0.05) is 36.2 Å². The van der Waals surface area contributed by atoms with Gasteiger partial charge in [-0.2, -0.15) is 0 Å². The van der Waals surface area contributed by atoms with Crippen LogP contribution < -0.4 is 10.1 Å². The van der Waals surface area contributed by atoms with Crippen LogP contribution in [-0.2, 0) is 15.6 Å². The fourth-order valence-corrected chi connectivity index (χ4v) is 7.41. The van der Waals surface area contributed by atoms with Crippen molar-refractivity contribution < 1.29 is 13.2 Å². The number of methoxy groups -OCH3 is 1. The molecule has 212 valence electrons. The molecule has 10 heteroatoms. The van der Waals surface area contributed by atoms with E-state index in [1.807, 2.05) is 12.2 Å². The Morgan fingerprint density at radius 2 is 1.73 bits per heavy atom. The van der Waals surface area contributed by atoms with E-state index in [0.29, 0.717) is 29.1 Å². The molecule has 1 N–H and O–H groups in total. The van der Waals surface area contributed by atoms with Crippen LogP contribution in [-0.4, -0.2) is 60.6 Å². The van der Waals surface area contributed by atoms with Gasteiger partial charge in [0.05, 0.1) is 28.5 Å². The summed E-state index contributed by atoms with van der Waals surface area (Å²) >= 11 is 6.10. The van der Waals surface area contributed by atoms with Gasteiger partial charge in [0.2, 0.25) is 11.8 Å². The maximum absolute atomic E-state index is 12.9. The number of benzene rings is 1. The number of piperidine rings is 1. The van der Waals surface area contributed by atoms with Crippen LogP contribution in [0.2, 0.25) is 5.02 Å². The van der Waals surface area contributed by atoms with Crippen LogP contribution in [0.3, 0.4) is 0 Å². The summed E-state index contributed by atoms with van der Waals surface area (Å²) in [5, 5.41) is 3.70. The zero-order valence-electron chi connectivity index (χ0n) is 22.8. The fraction of sp³-hybridized carbons (Fsp3) is 0.433. The van der Waals surface area contributed by atoms with Crippen molar-refractivity contribution in [2.24, 2.45) is 0 Å². The molecule has 0 radical (unpaired) electrons. The van der Waals surface area contributed by atoms with Crippen LogP contribution in [0.5, 0.6) is 5.88 Å². The Kier molecular flexibility index (Phi) is 9.34. The van der Waals surface area contributed by atoms with Gasteiger partial charge in [-0.3, -0.25) is 0 Å². The fourth-order valence-electron chi connectivity index (χ4n) is 5.57. The van der Waals surface area contributed by atoms with Crippen molar-refractivity contribution in [3.05, 3.63) is 70.6 Å². The molecular formula is C30H36ClN5O3S. The Hall–Kier alpha value is -3.01. The number of rotatable bonds is 9. The van der Waals surface area contributed by atoms with E-state index >= 15 is 0 Å². The third-order valence-electron chi connectivity index (χ3n) is 7.71. The van der Waals surface area contributed by atoms with Gasteiger partial charge in [-0.15, -0.1) is 0 Å². The normalized spacial score (nSPS) is 20.4. The van der Waals surface area contributed by atoms with Gasteiger partial charge in [-0.25, -0.2) is 23.4 Å². The minimum absolute atomic E-state index is 0.0875. The molecule has 0 atom stereocenters. The van der Waals surface area contributed by atoms with Crippen molar-refractivity contribution in [3.63, 3.8) is 0 Å². The van der Waals surface area contributed by atoms with Gasteiger partial charge in [0.15, 0.2) is 9.84 Å². The van der Waals surface area contributed by atoms with Crippen molar-refractivity contribution in [3.8, 4) is 5.88 Å². The smallest absolute Gasteiger partial charge is 0.222 e. The van der Waals surface area contributed by atoms with Gasteiger partial charge in [0, 0.05) is 35.6 Å². The number of sulfone groups is 1. The van der Waals surface area contributed by atoms with E-state index in [9.17, 15) is 8.42 Å². The monoisotopic (exact) mass is 581 g/mol. The number of hydrogen-bond donors (Lipinski definition) is 1. The molecule has 1 saturated carbocycles. The molecule has 1 saturated heterocycles. The van der Waals surface area contributed by atoms with E-state index in [4.69, 9.17) is 16.3 Å². The third-order valence-corrected chi connectivity index (χ3v) is 9.86. The molecule has 3 heterocycles. The Morgan fingerprint density at radius 1 is 1.00 bits per heavy atom. The molecule has 0 spiro atoms. The highest BCUT2D eigenvalue weighted by atomic mass is 35.5. The zero-order valence-corrected chi connectivity index (χ0v) is 24.4. The van der Waals surface area contributed by atoms with E-state index in [1.54, 1.807) is 42.7 Å². The lowest BCUT2D eigenvalue weighted by atomic mass is 9.89. The van der Waals surface area contributed by atoms with Crippen molar-refractivity contribution in [2.45, 2.75) is 67.7 Å². The molecule has 8 nitrogen and oxygen atoms in total. The molecule has 0 bridgehead atoms. The molecule has 1 aliphatic carbocycles. The van der Waals surface area contributed by atoms with E-state index in [2.05, 4.69) is 25.2 Å². The van der Waals surface area contributed by atoms with Crippen molar-refractivity contribution >= 4 is 39.5 Å². The number of likely N-dealkylation sites (tertiary alicyclic amines) is 1. The van der Waals surface area contributed by atoms with Crippen molar-refractivity contribution in [2.75, 3.05) is 25.5 Å². The summed E-state index contributed by atoms with van der Waals surface area (Å²) in [5.41, 5.74) is 1.93. The molecule has 3 aromatic rings. The maximum Gasteiger partial charge on any atom is 0.222 e. The predicted octanol–water partition coefficient (Wildman–Crippen LogP) is 5.89. The molecule has 2 aromatic heterocycles. The van der Waals surface area contributed by atoms with Crippen LogP contribution >= 0.6 is 11.6 Å². The summed E-state index contributed by atoms with van der Waals surface area (Å²) < 4.78 is 31.1. The Bertz CT molecular complexity index is 1420. The van der Waals surface area contributed by atoms with Crippen LogP contribution in [0.15, 0.2) is 53.7 Å². The summed E-state index contributed by atoms with van der Waals surface area (Å²) in [6.07, 6.45) is 16.1. The molecule has 2 aliphatic rings. The average molecular weight is 582 g/mol. The molecule has 5 rings (SSSR count). The minimum Gasteiger partial charge on any atom is -0.481 e. The number of halogens is 1. The minimum atomic E-state index is -3.65. The number of anilines is 1. The van der Waals surface area contributed by atoms with Gasteiger partial charge in [0.1, 0.15) is 0 Å². The highest BCUT2D eigenvalue weighted by molar-refractivity contribution is 7.90. The lowest BCUT2D eigenvalue weighted by Crippen LogP contribution is -2.43. The second-order valence-electron chi connectivity index (χ2n) is 10.5. The summed E-state index contributed by atoms with van der Waals surface area (Å²) in [5.74, 6) is 0.712. The predicted molar refractivity (Wildman–Crippen MR) is 159 cm³/mol. The molecular weight excluding hydrogens is 546 g/mol. The maximum atomic E-state index is 12.9. The molecule has 0 unspecified atom stereocenters. The van der Waals surface area contributed by atoms with E-state index in [1.165, 1.54) is 58.4 Å². The molecule has 0 amide bonds. The van der Waals surface area contributed by atoms with E-state index in [0.717, 1.165) is 24.4 Å². The average Bonchev–Trinajstić information content (AvgIpc) is 2.98. The van der Waals surface area contributed by atoms with E-state index in [-0.39, 0.29) is 15.7 Å². The molecule has 40 heavy (non-hydrogen) atoms. The van der Waals surface area contributed by atoms with Crippen molar-refractivity contribution in [1.82, 2.24) is 19.9 Å². The summed E-state index contributed by atoms with van der Waals surface area (Å²) in [7, 11) is -2.14. The van der Waals surface area contributed by atoms with Gasteiger partial charge < -0.3 is 15.0 Å². The van der Waals surface area contributed by atoms with Crippen LogP contribution in [0.25, 0.3) is 12.2 Å². The third kappa shape index (κ3) is 7.19. The van der Waals surface area contributed by atoms with Crippen molar-refractivity contribution in [1.29, 1.82) is 0 Å². The highest BCUT2D eigenvalue weighted by Gasteiger charge is 2.27. The first-order valence-corrected chi connectivity index (χ1v) is 16.0. The standard InChI is InChI=1S/C30H36ClN5O3S/c1-39-29-23(11-12-25(34-29)21-40(37,38)28-8-4-3-7-27(28)31)10-9-22-19-32-30(33-20-22)35-24-13-15-26(16-14-24)36-17-5-2-6-18-36/h3-4,7-12,19-20,24,26H,2,5-6,13-18,21H2,1H3,(H,32,33,35)/b10-9+. The Labute approximate surface area is 241 Å². The van der Waals surface area contributed by atoms with Gasteiger partial charge in [0.25, 0.3) is 0 Å². The van der Waals surface area contributed by atoms with Gasteiger partial charge >= 0.3 is 0 Å². The lowest BCUT2D eigenvalue weighted by Gasteiger charge is -2.39. The summed E-state index contributed by atoms with van der Waals surface area (Å²) in [6.45, 7) is 2.52. The SMILES string of the molecule is COc1nc(CS(=O)(=O)c2ccccc2Cl)ccc1/C=C/c1cnc(NC2CCC(N3CCCCC3)CC2)nc1. The molecule has 1 aromatic carbocycles. The number of hydrogen-bond acceptors (Lipinski definition) is 8. The first-order chi connectivity index (χ1) is 19.4. The van der Waals surface area contributed by atoms with Crippen LogP contribution in [0.1, 0.15) is 61.8 Å². The summed E-state index contributed by atoms with van der Waals surface area (Å²) in [6, 6.07) is 11.0. The first kappa shape index (κ1) is 28.5.